The number of benzene rings is 1. The van der Waals surface area contributed by atoms with Gasteiger partial charge >= 0.3 is 5.97 Å². The number of ether oxygens (including phenoxy) is 1. The first-order valence-corrected chi connectivity index (χ1v) is 6.81. The third-order valence-corrected chi connectivity index (χ3v) is 2.98. The smallest absolute Gasteiger partial charge is 0.325 e. The third-order valence-electron chi connectivity index (χ3n) is 2.98. The van der Waals surface area contributed by atoms with Crippen LogP contribution in [0.4, 0.5) is 0 Å². The molecule has 0 aliphatic rings. The molecule has 3 heteroatoms. The number of para-hydroxylation sites is 1. The van der Waals surface area contributed by atoms with Crippen LogP contribution in [0.2, 0.25) is 0 Å². The molecule has 0 atom stereocenters. The lowest BCUT2D eigenvalue weighted by atomic mass is 9.94. The molecule has 0 aliphatic heterocycles. The molecule has 1 aromatic carbocycles. The maximum atomic E-state index is 11.9. The Morgan fingerprint density at radius 3 is 1.95 bits per heavy atom. The quantitative estimate of drug-likeness (QED) is 0.602. The van der Waals surface area contributed by atoms with E-state index in [9.17, 15) is 4.79 Å². The Bertz CT molecular complexity index is 410. The van der Waals surface area contributed by atoms with Crippen molar-refractivity contribution in [2.75, 3.05) is 20.6 Å². The van der Waals surface area contributed by atoms with Crippen molar-refractivity contribution in [1.29, 1.82) is 0 Å². The monoisotopic (exact) mass is 263 g/mol. The predicted octanol–water partition coefficient (Wildman–Crippen LogP) is 3.40. The highest BCUT2D eigenvalue weighted by atomic mass is 16.5. The van der Waals surface area contributed by atoms with E-state index in [-0.39, 0.29) is 5.97 Å². The molecule has 0 saturated heterocycles. The molecule has 1 rings (SSSR count). The number of carbonyl (C=O) groups is 1. The summed E-state index contributed by atoms with van der Waals surface area (Å²) in [5.74, 6) is 1.21. The summed E-state index contributed by atoms with van der Waals surface area (Å²) in [4.78, 5) is 13.7. The van der Waals surface area contributed by atoms with E-state index in [2.05, 4.69) is 27.7 Å². The molecule has 0 bridgehead atoms. The molecule has 0 aliphatic carbocycles. The largest absolute Gasteiger partial charge is 0.425 e. The van der Waals surface area contributed by atoms with Gasteiger partial charge in [0.15, 0.2) is 0 Å². The molecule has 0 saturated carbocycles. The van der Waals surface area contributed by atoms with Gasteiger partial charge in [-0.1, -0.05) is 45.9 Å². The van der Waals surface area contributed by atoms with Gasteiger partial charge in [-0.05, 0) is 37.1 Å². The minimum atomic E-state index is -0.208. The van der Waals surface area contributed by atoms with Gasteiger partial charge in [-0.2, -0.15) is 0 Å². The lowest BCUT2D eigenvalue weighted by Gasteiger charge is -2.19. The van der Waals surface area contributed by atoms with Crippen LogP contribution in [0.15, 0.2) is 18.2 Å². The molecule has 0 amide bonds. The first-order valence-electron chi connectivity index (χ1n) is 6.81. The fourth-order valence-electron chi connectivity index (χ4n) is 2.00. The summed E-state index contributed by atoms with van der Waals surface area (Å²) >= 11 is 0. The Kier molecular flexibility index (Phi) is 5.55. The molecule has 19 heavy (non-hydrogen) atoms. The topological polar surface area (TPSA) is 29.5 Å². The normalized spacial score (nSPS) is 11.4. The van der Waals surface area contributed by atoms with Crippen molar-refractivity contribution in [1.82, 2.24) is 4.90 Å². The van der Waals surface area contributed by atoms with E-state index >= 15 is 0 Å². The summed E-state index contributed by atoms with van der Waals surface area (Å²) in [5, 5.41) is 0. The molecule has 0 fully saturated rings. The number of rotatable bonds is 5. The molecule has 3 nitrogen and oxygen atoms in total. The van der Waals surface area contributed by atoms with Gasteiger partial charge in [0, 0.05) is 0 Å². The zero-order chi connectivity index (χ0) is 14.6. The van der Waals surface area contributed by atoms with Gasteiger partial charge in [0.1, 0.15) is 5.75 Å². The number of hydrogen-bond acceptors (Lipinski definition) is 3. The highest BCUT2D eigenvalue weighted by molar-refractivity contribution is 5.75. The van der Waals surface area contributed by atoms with Crippen LogP contribution in [-0.4, -0.2) is 31.5 Å². The molecule has 1 aromatic rings. The van der Waals surface area contributed by atoms with Gasteiger partial charge in [-0.3, -0.25) is 9.69 Å². The Morgan fingerprint density at radius 2 is 1.58 bits per heavy atom. The molecule has 0 N–H and O–H groups in total. The van der Waals surface area contributed by atoms with Crippen molar-refractivity contribution in [3.8, 4) is 5.75 Å². The Labute approximate surface area is 116 Å². The first-order chi connectivity index (χ1) is 8.82. The van der Waals surface area contributed by atoms with Crippen LogP contribution in [0.1, 0.15) is 50.7 Å². The van der Waals surface area contributed by atoms with E-state index in [1.807, 2.05) is 37.2 Å². The number of esters is 1. The number of hydrogen-bond donors (Lipinski definition) is 0. The lowest BCUT2D eigenvalue weighted by Crippen LogP contribution is -2.26. The van der Waals surface area contributed by atoms with Gasteiger partial charge in [0.25, 0.3) is 0 Å². The molecule has 0 unspecified atom stereocenters. The lowest BCUT2D eigenvalue weighted by molar-refractivity contribution is -0.135. The van der Waals surface area contributed by atoms with Crippen LogP contribution in [-0.2, 0) is 4.79 Å². The van der Waals surface area contributed by atoms with Crippen molar-refractivity contribution in [3.63, 3.8) is 0 Å². The van der Waals surface area contributed by atoms with Crippen LogP contribution in [0, 0.1) is 0 Å². The van der Waals surface area contributed by atoms with Crippen molar-refractivity contribution < 1.29 is 9.53 Å². The third kappa shape index (κ3) is 4.35. The summed E-state index contributed by atoms with van der Waals surface area (Å²) in [6.45, 7) is 8.75. The van der Waals surface area contributed by atoms with Crippen molar-refractivity contribution in [3.05, 3.63) is 29.3 Å². The second-order valence-electron chi connectivity index (χ2n) is 5.79. The van der Waals surface area contributed by atoms with E-state index in [1.54, 1.807) is 0 Å². The van der Waals surface area contributed by atoms with Gasteiger partial charge in [-0.15, -0.1) is 0 Å². The summed E-state index contributed by atoms with van der Waals surface area (Å²) in [5.41, 5.74) is 2.19. The van der Waals surface area contributed by atoms with E-state index in [0.717, 1.165) is 16.9 Å². The predicted molar refractivity (Wildman–Crippen MR) is 78.8 cm³/mol. The SMILES string of the molecule is CC(C)c1cccc(C(C)C)c1OC(=O)CN(C)C. The second kappa shape index (κ2) is 6.71. The molecule has 0 radical (unpaired) electrons. The van der Waals surface area contributed by atoms with Crippen LogP contribution < -0.4 is 4.74 Å². The molecular weight excluding hydrogens is 238 g/mol. The van der Waals surface area contributed by atoms with E-state index in [0.29, 0.717) is 18.4 Å². The van der Waals surface area contributed by atoms with Gasteiger partial charge < -0.3 is 4.74 Å². The average Bonchev–Trinajstić information content (AvgIpc) is 2.27. The number of nitrogens with zero attached hydrogens (tertiary/aromatic N) is 1. The molecular formula is C16H25NO2. The highest BCUT2D eigenvalue weighted by Gasteiger charge is 2.18. The summed E-state index contributed by atoms with van der Waals surface area (Å²) in [6, 6.07) is 6.11. The van der Waals surface area contributed by atoms with E-state index in [1.165, 1.54) is 0 Å². The average molecular weight is 263 g/mol. The number of likely N-dealkylation sites (N-methyl/N-ethyl adjacent to an activating group) is 1. The zero-order valence-corrected chi connectivity index (χ0v) is 12.9. The number of carbonyl (C=O) groups excluding carboxylic acids is 1. The molecule has 0 aromatic heterocycles. The fourth-order valence-corrected chi connectivity index (χ4v) is 2.00. The van der Waals surface area contributed by atoms with Crippen LogP contribution >= 0.6 is 0 Å². The van der Waals surface area contributed by atoms with Crippen molar-refractivity contribution in [2.24, 2.45) is 0 Å². The Balaban J connectivity index is 3.11. The molecule has 0 spiro atoms. The molecule has 106 valence electrons. The standard InChI is InChI=1S/C16H25NO2/c1-11(2)13-8-7-9-14(12(3)4)16(13)19-15(18)10-17(5)6/h7-9,11-12H,10H2,1-6H3. The summed E-state index contributed by atoms with van der Waals surface area (Å²) < 4.78 is 5.63. The maximum absolute atomic E-state index is 11.9. The van der Waals surface area contributed by atoms with Crippen LogP contribution in [0.25, 0.3) is 0 Å². The fraction of sp³-hybridized carbons (Fsp3) is 0.562. The van der Waals surface area contributed by atoms with Crippen LogP contribution in [0.3, 0.4) is 0 Å². The first kappa shape index (κ1) is 15.7. The van der Waals surface area contributed by atoms with Crippen molar-refractivity contribution >= 4 is 5.97 Å². The second-order valence-corrected chi connectivity index (χ2v) is 5.79. The van der Waals surface area contributed by atoms with Crippen molar-refractivity contribution in [2.45, 2.75) is 39.5 Å². The van der Waals surface area contributed by atoms with Gasteiger partial charge in [-0.25, -0.2) is 0 Å². The minimum absolute atomic E-state index is 0.208. The Morgan fingerprint density at radius 1 is 1.11 bits per heavy atom. The maximum Gasteiger partial charge on any atom is 0.325 e. The van der Waals surface area contributed by atoms with Gasteiger partial charge in [0.05, 0.1) is 6.54 Å². The van der Waals surface area contributed by atoms with E-state index in [4.69, 9.17) is 4.74 Å². The minimum Gasteiger partial charge on any atom is -0.425 e. The van der Waals surface area contributed by atoms with Crippen LogP contribution in [0.5, 0.6) is 5.75 Å². The summed E-state index contributed by atoms with van der Waals surface area (Å²) in [6.07, 6.45) is 0. The van der Waals surface area contributed by atoms with E-state index < -0.39 is 0 Å². The Hall–Kier alpha value is -1.35. The summed E-state index contributed by atoms with van der Waals surface area (Å²) in [7, 11) is 3.72. The van der Waals surface area contributed by atoms with Gasteiger partial charge in [0.2, 0.25) is 0 Å². The zero-order valence-electron chi connectivity index (χ0n) is 12.9. The molecule has 0 heterocycles. The highest BCUT2D eigenvalue weighted by Crippen LogP contribution is 2.34.